The van der Waals surface area contributed by atoms with E-state index in [1.165, 1.54) is 13.2 Å². The Morgan fingerprint density at radius 3 is 2.65 bits per heavy atom. The van der Waals surface area contributed by atoms with Gasteiger partial charge in [-0.2, -0.15) is 13.2 Å². The minimum atomic E-state index is -4.55. The van der Waals surface area contributed by atoms with Crippen molar-refractivity contribution in [2.75, 3.05) is 24.8 Å². The van der Waals surface area contributed by atoms with Crippen molar-refractivity contribution < 1.29 is 22.7 Å². The molecule has 1 aromatic carbocycles. The average Bonchev–Trinajstić information content (AvgIpc) is 2.30. The first-order valence-corrected chi connectivity index (χ1v) is 5.99. The molecule has 0 aliphatic carbocycles. The van der Waals surface area contributed by atoms with Crippen LogP contribution in [0.2, 0.25) is 0 Å². The van der Waals surface area contributed by atoms with Crippen LogP contribution in [0.15, 0.2) is 18.2 Å². The molecule has 1 aromatic rings. The van der Waals surface area contributed by atoms with Gasteiger partial charge >= 0.3 is 6.18 Å². The summed E-state index contributed by atoms with van der Waals surface area (Å²) in [5.41, 5.74) is 4.02. The van der Waals surface area contributed by atoms with E-state index in [2.05, 4.69) is 5.32 Å². The number of methoxy groups -OCH3 is 1. The van der Waals surface area contributed by atoms with Gasteiger partial charge in [-0.15, -0.1) is 0 Å². The summed E-state index contributed by atoms with van der Waals surface area (Å²) >= 11 is 0. The van der Waals surface area contributed by atoms with E-state index in [9.17, 15) is 18.0 Å². The van der Waals surface area contributed by atoms with Crippen LogP contribution in [-0.4, -0.2) is 19.6 Å². The van der Waals surface area contributed by atoms with Crippen LogP contribution in [0.4, 0.5) is 24.5 Å². The van der Waals surface area contributed by atoms with Crippen LogP contribution >= 0.6 is 0 Å². The molecule has 1 rings (SSSR count). The highest BCUT2D eigenvalue weighted by molar-refractivity contribution is 5.91. The lowest BCUT2D eigenvalue weighted by molar-refractivity contribution is -0.136. The summed E-state index contributed by atoms with van der Waals surface area (Å²) in [4.78, 5) is 11.7. The molecule has 0 bridgehead atoms. The maximum absolute atomic E-state index is 12.7. The van der Waals surface area contributed by atoms with E-state index in [-0.39, 0.29) is 29.6 Å². The zero-order valence-electron chi connectivity index (χ0n) is 11.3. The van der Waals surface area contributed by atoms with E-state index in [4.69, 9.17) is 10.5 Å². The molecule has 0 spiro atoms. The number of benzene rings is 1. The largest absolute Gasteiger partial charge is 0.418 e. The summed E-state index contributed by atoms with van der Waals surface area (Å²) < 4.78 is 42.9. The number of carbonyl (C=O) groups is 1. The fourth-order valence-corrected chi connectivity index (χ4v) is 1.75. The van der Waals surface area contributed by atoms with Gasteiger partial charge in [0, 0.05) is 31.5 Å². The average molecular weight is 290 g/mol. The molecule has 0 aliphatic rings. The molecule has 0 saturated heterocycles. The smallest absolute Gasteiger partial charge is 0.398 e. The third-order valence-corrected chi connectivity index (χ3v) is 2.63. The van der Waals surface area contributed by atoms with Gasteiger partial charge in [-0.1, -0.05) is 6.92 Å². The molecule has 0 saturated carbocycles. The third-order valence-electron chi connectivity index (χ3n) is 2.63. The first kappa shape index (κ1) is 16.3. The van der Waals surface area contributed by atoms with Gasteiger partial charge in [-0.05, 0) is 24.1 Å². The van der Waals surface area contributed by atoms with E-state index in [0.717, 1.165) is 12.1 Å². The zero-order chi connectivity index (χ0) is 15.3. The molecule has 7 heteroatoms. The second-order valence-corrected chi connectivity index (χ2v) is 4.61. The summed E-state index contributed by atoms with van der Waals surface area (Å²) in [6, 6.07) is 3.29. The van der Waals surface area contributed by atoms with Crippen molar-refractivity contribution in [3.05, 3.63) is 23.8 Å². The predicted octanol–water partition coefficient (Wildman–Crippen LogP) is 2.90. The molecule has 0 fully saturated rings. The lowest BCUT2D eigenvalue weighted by Crippen LogP contribution is -2.18. The first-order valence-electron chi connectivity index (χ1n) is 5.99. The van der Waals surface area contributed by atoms with Crippen LogP contribution in [0, 0.1) is 5.92 Å². The summed E-state index contributed by atoms with van der Waals surface area (Å²) in [6.45, 7) is 2.22. The SMILES string of the molecule is COCC(C)CC(=O)Nc1ccc(N)c(C(F)(F)F)c1. The number of carbonyl (C=O) groups excluding carboxylic acids is 1. The number of halogens is 3. The van der Waals surface area contributed by atoms with Crippen molar-refractivity contribution in [2.45, 2.75) is 19.5 Å². The van der Waals surface area contributed by atoms with Crippen molar-refractivity contribution in [3.8, 4) is 0 Å². The number of anilines is 2. The summed E-state index contributed by atoms with van der Waals surface area (Å²) in [7, 11) is 1.52. The van der Waals surface area contributed by atoms with Crippen LogP contribution in [-0.2, 0) is 15.7 Å². The van der Waals surface area contributed by atoms with Gasteiger partial charge in [0.2, 0.25) is 5.91 Å². The molecule has 1 unspecified atom stereocenters. The molecule has 0 radical (unpaired) electrons. The van der Waals surface area contributed by atoms with Crippen molar-refractivity contribution in [3.63, 3.8) is 0 Å². The minimum Gasteiger partial charge on any atom is -0.398 e. The van der Waals surface area contributed by atoms with E-state index >= 15 is 0 Å². The number of nitrogens with two attached hydrogens (primary N) is 1. The van der Waals surface area contributed by atoms with Gasteiger partial charge in [0.05, 0.1) is 5.56 Å². The van der Waals surface area contributed by atoms with Crippen LogP contribution in [0.3, 0.4) is 0 Å². The van der Waals surface area contributed by atoms with Crippen LogP contribution in [0.25, 0.3) is 0 Å². The summed E-state index contributed by atoms with van der Waals surface area (Å²) in [5.74, 6) is -0.386. The minimum absolute atomic E-state index is 0.0177. The molecule has 112 valence electrons. The highest BCUT2D eigenvalue weighted by Crippen LogP contribution is 2.35. The maximum atomic E-state index is 12.7. The molecule has 0 heterocycles. The maximum Gasteiger partial charge on any atom is 0.418 e. The Kier molecular flexibility index (Phi) is 5.38. The normalized spacial score (nSPS) is 13.1. The first-order chi connectivity index (χ1) is 9.24. The molecular formula is C13H17F3N2O2. The van der Waals surface area contributed by atoms with Crippen molar-refractivity contribution >= 4 is 17.3 Å². The standard InChI is InChI=1S/C13H17F3N2O2/c1-8(7-20-2)5-12(19)18-9-3-4-11(17)10(6-9)13(14,15)16/h3-4,6,8H,5,7,17H2,1-2H3,(H,18,19). The van der Waals surface area contributed by atoms with E-state index < -0.39 is 11.7 Å². The fourth-order valence-electron chi connectivity index (χ4n) is 1.75. The molecule has 0 aromatic heterocycles. The van der Waals surface area contributed by atoms with E-state index in [1.54, 1.807) is 0 Å². The van der Waals surface area contributed by atoms with Crippen molar-refractivity contribution in [1.82, 2.24) is 0 Å². The number of hydrogen-bond acceptors (Lipinski definition) is 3. The summed E-state index contributed by atoms with van der Waals surface area (Å²) in [5, 5.41) is 2.42. The lowest BCUT2D eigenvalue weighted by Gasteiger charge is -2.14. The Balaban J connectivity index is 2.76. The number of nitrogen functional groups attached to an aromatic ring is 1. The number of ether oxygens (including phenoxy) is 1. The topological polar surface area (TPSA) is 64.3 Å². The predicted molar refractivity (Wildman–Crippen MR) is 70.1 cm³/mol. The Bertz CT molecular complexity index is 475. The van der Waals surface area contributed by atoms with Gasteiger partial charge < -0.3 is 15.8 Å². The summed E-state index contributed by atoms with van der Waals surface area (Å²) in [6.07, 6.45) is -4.38. The van der Waals surface area contributed by atoms with Crippen LogP contribution in [0.5, 0.6) is 0 Å². The number of nitrogens with one attached hydrogen (secondary N) is 1. The van der Waals surface area contributed by atoms with Gasteiger partial charge in [-0.25, -0.2) is 0 Å². The Morgan fingerprint density at radius 1 is 1.45 bits per heavy atom. The Morgan fingerprint density at radius 2 is 2.10 bits per heavy atom. The molecule has 1 amide bonds. The quantitative estimate of drug-likeness (QED) is 0.819. The Labute approximate surface area is 115 Å². The monoisotopic (exact) mass is 290 g/mol. The number of amides is 1. The fraction of sp³-hybridized carbons (Fsp3) is 0.462. The number of alkyl halides is 3. The number of rotatable bonds is 5. The van der Waals surface area contributed by atoms with E-state index in [0.29, 0.717) is 6.61 Å². The van der Waals surface area contributed by atoms with Gasteiger partial charge in [-0.3, -0.25) is 4.79 Å². The molecule has 0 aliphatic heterocycles. The van der Waals surface area contributed by atoms with E-state index in [1.807, 2.05) is 6.92 Å². The van der Waals surface area contributed by atoms with Crippen molar-refractivity contribution in [1.29, 1.82) is 0 Å². The van der Waals surface area contributed by atoms with Crippen LogP contribution in [0.1, 0.15) is 18.9 Å². The second-order valence-electron chi connectivity index (χ2n) is 4.61. The van der Waals surface area contributed by atoms with Gasteiger partial charge in [0.15, 0.2) is 0 Å². The highest BCUT2D eigenvalue weighted by atomic mass is 19.4. The van der Waals surface area contributed by atoms with Gasteiger partial charge in [0.1, 0.15) is 0 Å². The molecule has 20 heavy (non-hydrogen) atoms. The second kappa shape index (κ2) is 6.60. The lowest BCUT2D eigenvalue weighted by atomic mass is 10.1. The molecule has 3 N–H and O–H groups in total. The third kappa shape index (κ3) is 4.73. The van der Waals surface area contributed by atoms with Crippen LogP contribution < -0.4 is 11.1 Å². The molecule has 1 atom stereocenters. The van der Waals surface area contributed by atoms with Gasteiger partial charge in [0.25, 0.3) is 0 Å². The number of hydrogen-bond donors (Lipinski definition) is 2. The Hall–Kier alpha value is -1.76. The highest BCUT2D eigenvalue weighted by Gasteiger charge is 2.33. The molecule has 4 nitrogen and oxygen atoms in total. The van der Waals surface area contributed by atoms with Crippen molar-refractivity contribution in [2.24, 2.45) is 5.92 Å². The zero-order valence-corrected chi connectivity index (χ0v) is 11.3. The molecular weight excluding hydrogens is 273 g/mol.